The molecule has 0 amide bonds. The molecule has 1 aromatic carbocycles. The van der Waals surface area contributed by atoms with Crippen molar-refractivity contribution in [1.29, 1.82) is 0 Å². The zero-order valence-corrected chi connectivity index (χ0v) is 15.8. The Morgan fingerprint density at radius 3 is 2.59 bits per heavy atom. The molecule has 3 rings (SSSR count). The van der Waals surface area contributed by atoms with E-state index in [2.05, 4.69) is 25.7 Å². The van der Waals surface area contributed by atoms with Crippen LogP contribution < -0.4 is 0 Å². The minimum atomic E-state index is -4.43. The Morgan fingerprint density at radius 1 is 1.19 bits per heavy atom. The van der Waals surface area contributed by atoms with Gasteiger partial charge in [0.2, 0.25) is 16.9 Å². The first-order chi connectivity index (χ1) is 12.6. The lowest BCUT2D eigenvalue weighted by molar-refractivity contribution is -0.137. The van der Waals surface area contributed by atoms with E-state index < -0.39 is 11.7 Å². The molecular formula is C16H17F3N6OS. The average molecular weight is 398 g/mol. The summed E-state index contributed by atoms with van der Waals surface area (Å²) < 4.78 is 45.5. The molecule has 144 valence electrons. The van der Waals surface area contributed by atoms with Crippen LogP contribution in [-0.4, -0.2) is 30.3 Å². The lowest BCUT2D eigenvalue weighted by atomic mass is 10.1. The molecule has 0 bridgehead atoms. The number of hydrogen-bond acceptors (Lipinski definition) is 7. The van der Waals surface area contributed by atoms with Crippen LogP contribution in [0.3, 0.4) is 0 Å². The summed E-state index contributed by atoms with van der Waals surface area (Å²) >= 11 is 1.32. The molecule has 0 aliphatic carbocycles. The van der Waals surface area contributed by atoms with Crippen LogP contribution in [0.2, 0.25) is 0 Å². The van der Waals surface area contributed by atoms with Gasteiger partial charge in [-0.05, 0) is 50.3 Å². The quantitative estimate of drug-likeness (QED) is 0.604. The van der Waals surface area contributed by atoms with Gasteiger partial charge in [0.1, 0.15) is 0 Å². The molecule has 0 fully saturated rings. The van der Waals surface area contributed by atoms with Gasteiger partial charge in [-0.3, -0.25) is 0 Å². The topological polar surface area (TPSA) is 82.5 Å². The second-order valence-corrected chi connectivity index (χ2v) is 8.15. The van der Waals surface area contributed by atoms with Gasteiger partial charge in [-0.1, -0.05) is 29.1 Å². The standard InChI is InChI=1S/C16H17F3N6OS/c1-9(27-14-21-23-24-25(14)15(2,3)4)13-20-12(22-26-13)10-6-5-7-11(8-10)16(17,18)19/h5-9H,1-4H3. The lowest BCUT2D eigenvalue weighted by Crippen LogP contribution is -2.24. The molecule has 11 heteroatoms. The van der Waals surface area contributed by atoms with Crippen molar-refractivity contribution in [2.45, 2.75) is 49.8 Å². The molecule has 2 aromatic heterocycles. The van der Waals surface area contributed by atoms with Crippen molar-refractivity contribution >= 4 is 11.8 Å². The summed E-state index contributed by atoms with van der Waals surface area (Å²) in [5.74, 6) is 0.370. The molecule has 0 aliphatic heterocycles. The fourth-order valence-corrected chi connectivity index (χ4v) is 3.24. The fourth-order valence-electron chi connectivity index (χ4n) is 2.23. The maximum absolute atomic E-state index is 12.9. The SMILES string of the molecule is CC(Sc1nnnn1C(C)(C)C)c1nc(-c2cccc(C(F)(F)F)c2)no1. The van der Waals surface area contributed by atoms with Gasteiger partial charge in [-0.15, -0.1) is 5.10 Å². The van der Waals surface area contributed by atoms with Crippen molar-refractivity contribution < 1.29 is 17.7 Å². The van der Waals surface area contributed by atoms with Gasteiger partial charge in [0.05, 0.1) is 16.4 Å². The second kappa shape index (κ2) is 6.95. The molecule has 0 spiro atoms. The van der Waals surface area contributed by atoms with Gasteiger partial charge < -0.3 is 4.52 Å². The lowest BCUT2D eigenvalue weighted by Gasteiger charge is -2.19. The van der Waals surface area contributed by atoms with E-state index in [4.69, 9.17) is 4.52 Å². The predicted molar refractivity (Wildman–Crippen MR) is 91.8 cm³/mol. The predicted octanol–water partition coefficient (Wildman–Crippen LogP) is 4.35. The van der Waals surface area contributed by atoms with Gasteiger partial charge in [0.15, 0.2) is 0 Å². The van der Waals surface area contributed by atoms with Crippen molar-refractivity contribution in [1.82, 2.24) is 30.3 Å². The first kappa shape index (κ1) is 19.3. The Kier molecular flexibility index (Phi) is 4.98. The van der Waals surface area contributed by atoms with Crippen molar-refractivity contribution in [3.63, 3.8) is 0 Å². The third-order valence-electron chi connectivity index (χ3n) is 3.60. The monoisotopic (exact) mass is 398 g/mol. The molecule has 3 aromatic rings. The molecule has 27 heavy (non-hydrogen) atoms. The number of rotatable bonds is 4. The molecule has 2 heterocycles. The minimum absolute atomic E-state index is 0.0963. The number of aromatic nitrogens is 6. The van der Waals surface area contributed by atoms with Crippen LogP contribution in [-0.2, 0) is 11.7 Å². The summed E-state index contributed by atoms with van der Waals surface area (Å²) in [6.45, 7) is 7.74. The highest BCUT2D eigenvalue weighted by atomic mass is 32.2. The Bertz CT molecular complexity index is 931. The Hall–Kier alpha value is -2.43. The number of halogens is 3. The summed E-state index contributed by atoms with van der Waals surface area (Å²) in [5.41, 5.74) is -0.835. The maximum Gasteiger partial charge on any atom is 0.416 e. The highest BCUT2D eigenvalue weighted by Gasteiger charge is 2.31. The van der Waals surface area contributed by atoms with Crippen LogP contribution in [0.5, 0.6) is 0 Å². The van der Waals surface area contributed by atoms with E-state index in [9.17, 15) is 13.2 Å². The van der Waals surface area contributed by atoms with E-state index in [0.29, 0.717) is 5.16 Å². The van der Waals surface area contributed by atoms with Gasteiger partial charge in [0.25, 0.3) is 0 Å². The average Bonchev–Trinajstić information content (AvgIpc) is 3.23. The largest absolute Gasteiger partial charge is 0.416 e. The summed E-state index contributed by atoms with van der Waals surface area (Å²) in [7, 11) is 0. The third kappa shape index (κ3) is 4.29. The van der Waals surface area contributed by atoms with E-state index in [0.717, 1.165) is 12.1 Å². The third-order valence-corrected chi connectivity index (χ3v) is 4.62. The first-order valence-corrected chi connectivity index (χ1v) is 8.90. The summed E-state index contributed by atoms with van der Waals surface area (Å²) in [5, 5.41) is 15.8. The van der Waals surface area contributed by atoms with E-state index in [1.165, 1.54) is 23.9 Å². The minimum Gasteiger partial charge on any atom is -0.338 e. The molecule has 0 aliphatic rings. The second-order valence-electron chi connectivity index (χ2n) is 6.84. The van der Waals surface area contributed by atoms with E-state index >= 15 is 0 Å². The molecular weight excluding hydrogens is 381 g/mol. The first-order valence-electron chi connectivity index (χ1n) is 8.02. The fraction of sp³-hybridized carbons (Fsp3) is 0.438. The number of thioether (sulfide) groups is 1. The van der Waals surface area contributed by atoms with Gasteiger partial charge in [-0.25, -0.2) is 4.68 Å². The Balaban J connectivity index is 1.81. The van der Waals surface area contributed by atoms with Crippen LogP contribution in [0.4, 0.5) is 13.2 Å². The van der Waals surface area contributed by atoms with E-state index in [1.807, 2.05) is 27.7 Å². The molecule has 1 atom stereocenters. The summed E-state index contributed by atoms with van der Waals surface area (Å²) in [6.07, 6.45) is -4.43. The molecule has 0 saturated carbocycles. The smallest absolute Gasteiger partial charge is 0.338 e. The highest BCUT2D eigenvalue weighted by Crippen LogP contribution is 2.35. The Morgan fingerprint density at radius 2 is 1.93 bits per heavy atom. The molecule has 1 unspecified atom stereocenters. The summed E-state index contributed by atoms with van der Waals surface area (Å²) in [4.78, 5) is 4.23. The van der Waals surface area contributed by atoms with Gasteiger partial charge >= 0.3 is 6.18 Å². The van der Waals surface area contributed by atoms with Crippen LogP contribution in [0.15, 0.2) is 33.9 Å². The molecule has 0 saturated heterocycles. The van der Waals surface area contributed by atoms with Crippen molar-refractivity contribution in [3.8, 4) is 11.4 Å². The molecule has 7 nitrogen and oxygen atoms in total. The van der Waals surface area contributed by atoms with Crippen LogP contribution in [0, 0.1) is 0 Å². The number of tetrazole rings is 1. The van der Waals surface area contributed by atoms with Gasteiger partial charge in [0, 0.05) is 5.56 Å². The van der Waals surface area contributed by atoms with Crippen LogP contribution >= 0.6 is 11.8 Å². The van der Waals surface area contributed by atoms with Gasteiger partial charge in [-0.2, -0.15) is 18.2 Å². The Labute approximate surface area is 157 Å². The molecule has 0 radical (unpaired) electrons. The number of hydrogen-bond donors (Lipinski definition) is 0. The normalized spacial score (nSPS) is 13.7. The van der Waals surface area contributed by atoms with Crippen LogP contribution in [0.1, 0.15) is 44.4 Å². The number of benzene rings is 1. The number of alkyl halides is 3. The van der Waals surface area contributed by atoms with Crippen molar-refractivity contribution in [2.75, 3.05) is 0 Å². The maximum atomic E-state index is 12.9. The van der Waals surface area contributed by atoms with E-state index in [1.54, 1.807) is 4.68 Å². The molecule has 0 N–H and O–H groups in total. The number of nitrogens with zero attached hydrogens (tertiary/aromatic N) is 6. The van der Waals surface area contributed by atoms with Crippen molar-refractivity contribution in [3.05, 3.63) is 35.7 Å². The summed E-state index contributed by atoms with van der Waals surface area (Å²) in [6, 6.07) is 4.80. The van der Waals surface area contributed by atoms with E-state index in [-0.39, 0.29) is 28.1 Å². The zero-order valence-electron chi connectivity index (χ0n) is 15.0. The highest BCUT2D eigenvalue weighted by molar-refractivity contribution is 7.99. The van der Waals surface area contributed by atoms with Crippen molar-refractivity contribution in [2.24, 2.45) is 0 Å². The van der Waals surface area contributed by atoms with Crippen LogP contribution in [0.25, 0.3) is 11.4 Å². The zero-order chi connectivity index (χ0) is 19.8.